The van der Waals surface area contributed by atoms with Crippen molar-refractivity contribution in [3.05, 3.63) is 77.9 Å². The van der Waals surface area contributed by atoms with Gasteiger partial charge >= 0.3 is 6.18 Å². The predicted octanol–water partition coefficient (Wildman–Crippen LogP) is 6.11. The van der Waals surface area contributed by atoms with Crippen molar-refractivity contribution in [2.75, 3.05) is 0 Å². The Morgan fingerprint density at radius 3 is 1.83 bits per heavy atom. The van der Waals surface area contributed by atoms with Crippen LogP contribution >= 0.6 is 0 Å². The van der Waals surface area contributed by atoms with Crippen molar-refractivity contribution in [1.29, 1.82) is 0 Å². The molecule has 0 bridgehead atoms. The fourth-order valence-electron chi connectivity index (χ4n) is 3.25. The highest BCUT2D eigenvalue weighted by atomic mass is 19.4. The van der Waals surface area contributed by atoms with E-state index in [-0.39, 0.29) is 5.69 Å². The molecule has 0 N–H and O–H groups in total. The van der Waals surface area contributed by atoms with Gasteiger partial charge in [0.15, 0.2) is 0 Å². The highest BCUT2D eigenvalue weighted by molar-refractivity contribution is 6.09. The second kappa shape index (κ2) is 5.13. The van der Waals surface area contributed by atoms with Crippen LogP contribution in [0.25, 0.3) is 27.5 Å². The van der Waals surface area contributed by atoms with Gasteiger partial charge in [-0.05, 0) is 36.8 Å². The SMILES string of the molecule is Cc1ccc(C(F)(F)F)c(-n2c3ccccc3c3ccccc32)c1. The van der Waals surface area contributed by atoms with Gasteiger partial charge in [0.2, 0.25) is 0 Å². The molecule has 0 radical (unpaired) electrons. The van der Waals surface area contributed by atoms with Crippen molar-refractivity contribution in [1.82, 2.24) is 4.57 Å². The molecule has 0 fully saturated rings. The number of hydrogen-bond acceptors (Lipinski definition) is 0. The zero-order valence-corrected chi connectivity index (χ0v) is 12.9. The average Bonchev–Trinajstić information content (AvgIpc) is 2.88. The van der Waals surface area contributed by atoms with Crippen LogP contribution in [-0.4, -0.2) is 4.57 Å². The molecule has 0 unspecified atom stereocenters. The predicted molar refractivity (Wildman–Crippen MR) is 90.5 cm³/mol. The van der Waals surface area contributed by atoms with E-state index in [9.17, 15) is 13.2 Å². The maximum Gasteiger partial charge on any atom is 0.418 e. The third-order valence-electron chi connectivity index (χ3n) is 4.28. The molecule has 1 heterocycles. The monoisotopic (exact) mass is 325 g/mol. The molecule has 0 amide bonds. The summed E-state index contributed by atoms with van der Waals surface area (Å²) >= 11 is 0. The molecule has 120 valence electrons. The van der Waals surface area contributed by atoms with E-state index >= 15 is 0 Å². The van der Waals surface area contributed by atoms with Crippen LogP contribution in [0.4, 0.5) is 13.2 Å². The van der Waals surface area contributed by atoms with E-state index in [0.717, 1.165) is 33.4 Å². The first kappa shape index (κ1) is 14.8. The third kappa shape index (κ3) is 2.18. The van der Waals surface area contributed by atoms with Crippen molar-refractivity contribution in [2.24, 2.45) is 0 Å². The van der Waals surface area contributed by atoms with E-state index in [0.29, 0.717) is 0 Å². The van der Waals surface area contributed by atoms with Crippen LogP contribution in [0.2, 0.25) is 0 Å². The standard InChI is InChI=1S/C20H14F3N/c1-13-10-11-16(20(21,22)23)19(12-13)24-17-8-4-2-6-14(17)15-7-3-5-9-18(15)24/h2-12H,1H3. The Kier molecular flexibility index (Phi) is 3.17. The molecule has 4 heteroatoms. The molecule has 4 rings (SSSR count). The summed E-state index contributed by atoms with van der Waals surface area (Å²) < 4.78 is 42.4. The molecule has 1 aromatic heterocycles. The van der Waals surface area contributed by atoms with Crippen LogP contribution in [0.5, 0.6) is 0 Å². The maximum absolute atomic E-state index is 13.6. The number of alkyl halides is 3. The molecule has 4 aromatic rings. The first-order valence-corrected chi connectivity index (χ1v) is 7.63. The Hall–Kier alpha value is -2.75. The van der Waals surface area contributed by atoms with Crippen molar-refractivity contribution >= 4 is 21.8 Å². The molecular weight excluding hydrogens is 311 g/mol. The van der Waals surface area contributed by atoms with Crippen LogP contribution < -0.4 is 0 Å². The van der Waals surface area contributed by atoms with Gasteiger partial charge in [-0.3, -0.25) is 0 Å². The normalized spacial score (nSPS) is 12.2. The lowest BCUT2D eigenvalue weighted by Crippen LogP contribution is -2.11. The molecule has 0 aliphatic carbocycles. The highest BCUT2D eigenvalue weighted by Crippen LogP contribution is 2.38. The van der Waals surface area contributed by atoms with Gasteiger partial charge in [0.1, 0.15) is 0 Å². The number of benzene rings is 3. The zero-order valence-electron chi connectivity index (χ0n) is 12.9. The number of hydrogen-bond donors (Lipinski definition) is 0. The summed E-state index contributed by atoms with van der Waals surface area (Å²) in [5.41, 5.74) is 1.88. The van der Waals surface area contributed by atoms with Gasteiger partial charge in [-0.25, -0.2) is 0 Å². The van der Waals surface area contributed by atoms with Gasteiger partial charge in [-0.1, -0.05) is 42.5 Å². The fraction of sp³-hybridized carbons (Fsp3) is 0.100. The van der Waals surface area contributed by atoms with E-state index in [1.807, 2.05) is 48.5 Å². The summed E-state index contributed by atoms with van der Waals surface area (Å²) in [6.07, 6.45) is -4.41. The van der Waals surface area contributed by atoms with Gasteiger partial charge in [-0.15, -0.1) is 0 Å². The topological polar surface area (TPSA) is 4.93 Å². The summed E-state index contributed by atoms with van der Waals surface area (Å²) in [6, 6.07) is 19.4. The number of halogens is 3. The molecule has 24 heavy (non-hydrogen) atoms. The molecule has 0 saturated carbocycles. The van der Waals surface area contributed by atoms with E-state index < -0.39 is 11.7 Å². The van der Waals surface area contributed by atoms with E-state index in [1.54, 1.807) is 17.6 Å². The van der Waals surface area contributed by atoms with Crippen LogP contribution in [0, 0.1) is 6.92 Å². The third-order valence-corrected chi connectivity index (χ3v) is 4.28. The largest absolute Gasteiger partial charge is 0.418 e. The lowest BCUT2D eigenvalue weighted by molar-refractivity contribution is -0.137. The Bertz CT molecular complexity index is 1000. The molecule has 0 aliphatic heterocycles. The summed E-state index contributed by atoms with van der Waals surface area (Å²) in [6.45, 7) is 1.80. The van der Waals surface area contributed by atoms with Crippen LogP contribution in [0.3, 0.4) is 0 Å². The summed E-state index contributed by atoms with van der Waals surface area (Å²) in [5, 5.41) is 1.89. The Morgan fingerprint density at radius 2 is 1.29 bits per heavy atom. The molecule has 3 aromatic carbocycles. The maximum atomic E-state index is 13.6. The van der Waals surface area contributed by atoms with Crippen LogP contribution in [0.1, 0.15) is 11.1 Å². The minimum Gasteiger partial charge on any atom is -0.309 e. The van der Waals surface area contributed by atoms with Gasteiger partial charge < -0.3 is 4.57 Å². The molecular formula is C20H14F3N. The van der Waals surface area contributed by atoms with Crippen LogP contribution in [0.15, 0.2) is 66.7 Å². The molecule has 1 nitrogen and oxygen atoms in total. The van der Waals surface area contributed by atoms with Gasteiger partial charge in [-0.2, -0.15) is 13.2 Å². The average molecular weight is 325 g/mol. The Morgan fingerprint density at radius 1 is 0.750 bits per heavy atom. The molecule has 0 atom stereocenters. The lowest BCUT2D eigenvalue weighted by Gasteiger charge is -2.16. The molecule has 0 saturated heterocycles. The Labute approximate surface area is 136 Å². The highest BCUT2D eigenvalue weighted by Gasteiger charge is 2.34. The van der Waals surface area contributed by atoms with E-state index in [4.69, 9.17) is 0 Å². The number of aromatic nitrogens is 1. The van der Waals surface area contributed by atoms with E-state index in [1.165, 1.54) is 6.07 Å². The number of aryl methyl sites for hydroxylation is 1. The minimum atomic E-state index is -4.41. The number of para-hydroxylation sites is 2. The van der Waals surface area contributed by atoms with Crippen molar-refractivity contribution in [3.63, 3.8) is 0 Å². The molecule has 0 aliphatic rings. The van der Waals surface area contributed by atoms with E-state index in [2.05, 4.69) is 0 Å². The summed E-state index contributed by atoms with van der Waals surface area (Å²) in [7, 11) is 0. The fourth-order valence-corrected chi connectivity index (χ4v) is 3.25. The van der Waals surface area contributed by atoms with Crippen molar-refractivity contribution < 1.29 is 13.2 Å². The number of rotatable bonds is 1. The lowest BCUT2D eigenvalue weighted by atomic mass is 10.1. The minimum absolute atomic E-state index is 0.167. The van der Waals surface area contributed by atoms with Crippen LogP contribution in [-0.2, 0) is 6.18 Å². The summed E-state index contributed by atoms with van der Waals surface area (Å²) in [5.74, 6) is 0. The second-order valence-electron chi connectivity index (χ2n) is 5.89. The first-order valence-electron chi connectivity index (χ1n) is 7.63. The number of nitrogens with zero attached hydrogens (tertiary/aromatic N) is 1. The van der Waals surface area contributed by atoms with Gasteiger partial charge in [0.25, 0.3) is 0 Å². The van der Waals surface area contributed by atoms with Gasteiger partial charge in [0.05, 0.1) is 22.3 Å². The first-order chi connectivity index (χ1) is 11.5. The zero-order chi connectivity index (χ0) is 16.9. The summed E-state index contributed by atoms with van der Waals surface area (Å²) in [4.78, 5) is 0. The Balaban J connectivity index is 2.20. The smallest absolute Gasteiger partial charge is 0.309 e. The van der Waals surface area contributed by atoms with Gasteiger partial charge in [0, 0.05) is 10.8 Å². The molecule has 0 spiro atoms. The quantitative estimate of drug-likeness (QED) is 0.398. The second-order valence-corrected chi connectivity index (χ2v) is 5.89. The van der Waals surface area contributed by atoms with Crippen molar-refractivity contribution in [2.45, 2.75) is 13.1 Å². The number of fused-ring (bicyclic) bond motifs is 3. The van der Waals surface area contributed by atoms with Crippen molar-refractivity contribution in [3.8, 4) is 5.69 Å².